The highest BCUT2D eigenvalue weighted by Gasteiger charge is 2.19. The van der Waals surface area contributed by atoms with Gasteiger partial charge in [0.25, 0.3) is 0 Å². The summed E-state index contributed by atoms with van der Waals surface area (Å²) in [5.74, 6) is 0. The van der Waals surface area contributed by atoms with E-state index in [1.54, 1.807) is 0 Å². The smallest absolute Gasteiger partial charge is 0.150 e. The normalized spacial score (nSPS) is 18.3. The van der Waals surface area contributed by atoms with Gasteiger partial charge in [-0.1, -0.05) is 0 Å². The van der Waals surface area contributed by atoms with Crippen LogP contribution in [0.1, 0.15) is 29.2 Å². The number of carbonyl (C=O) groups excluding carboxylic acids is 1. The van der Waals surface area contributed by atoms with E-state index in [-0.39, 0.29) is 0 Å². The molecule has 4 nitrogen and oxygen atoms in total. The van der Waals surface area contributed by atoms with Gasteiger partial charge in [-0.05, 0) is 51.2 Å². The molecule has 0 aliphatic carbocycles. The van der Waals surface area contributed by atoms with Crippen LogP contribution < -0.4 is 0 Å². The number of hydrogen-bond acceptors (Lipinski definition) is 3. The van der Waals surface area contributed by atoms with E-state index in [9.17, 15) is 4.79 Å². The molecule has 2 heterocycles. The van der Waals surface area contributed by atoms with Crippen LogP contribution in [0, 0.1) is 0 Å². The van der Waals surface area contributed by atoms with Crippen molar-refractivity contribution in [2.75, 3.05) is 20.1 Å². The van der Waals surface area contributed by atoms with E-state index in [4.69, 9.17) is 0 Å². The molecule has 0 atom stereocenters. The molecule has 1 aliphatic rings. The van der Waals surface area contributed by atoms with Crippen LogP contribution in [0.2, 0.25) is 0 Å². The first-order chi connectivity index (χ1) is 8.78. The molecule has 1 fully saturated rings. The van der Waals surface area contributed by atoms with Gasteiger partial charge in [-0.15, -0.1) is 0 Å². The largest absolute Gasteiger partial charge is 0.327 e. The molecule has 94 valence electrons. The fourth-order valence-electron chi connectivity index (χ4n) is 2.68. The van der Waals surface area contributed by atoms with Crippen molar-refractivity contribution >= 4 is 17.3 Å². The average molecular weight is 243 g/mol. The summed E-state index contributed by atoms with van der Waals surface area (Å²) in [4.78, 5) is 17.6. The highest BCUT2D eigenvalue weighted by atomic mass is 16.1. The molecular weight excluding hydrogens is 226 g/mol. The third-order valence-corrected chi connectivity index (χ3v) is 3.82. The molecule has 3 rings (SSSR count). The standard InChI is InChI=1S/C14H17N3O/c1-16-6-4-12(5-7-16)17-10-15-13-3-2-11(9-18)8-14(13)17/h2-3,8-10,12H,4-7H2,1H3. The van der Waals surface area contributed by atoms with Crippen LogP contribution in [0.3, 0.4) is 0 Å². The van der Waals surface area contributed by atoms with Gasteiger partial charge in [-0.25, -0.2) is 4.98 Å². The molecule has 1 aliphatic heterocycles. The van der Waals surface area contributed by atoms with Gasteiger partial charge in [0.1, 0.15) is 6.29 Å². The Bertz CT molecular complexity index is 567. The van der Waals surface area contributed by atoms with Crippen molar-refractivity contribution in [2.45, 2.75) is 18.9 Å². The summed E-state index contributed by atoms with van der Waals surface area (Å²) in [5, 5.41) is 0. The number of carbonyl (C=O) groups is 1. The van der Waals surface area contributed by atoms with Crippen molar-refractivity contribution < 1.29 is 4.79 Å². The van der Waals surface area contributed by atoms with Gasteiger partial charge in [0.2, 0.25) is 0 Å². The lowest BCUT2D eigenvalue weighted by atomic mass is 10.1. The second-order valence-electron chi connectivity index (χ2n) is 5.05. The second kappa shape index (κ2) is 4.53. The van der Waals surface area contributed by atoms with Gasteiger partial charge in [0.05, 0.1) is 17.4 Å². The molecule has 18 heavy (non-hydrogen) atoms. The summed E-state index contributed by atoms with van der Waals surface area (Å²) in [6, 6.07) is 6.19. The minimum Gasteiger partial charge on any atom is -0.327 e. The van der Waals surface area contributed by atoms with Gasteiger partial charge in [-0.2, -0.15) is 0 Å². The number of rotatable bonds is 2. The molecule has 1 aromatic carbocycles. The highest BCUT2D eigenvalue weighted by molar-refractivity contribution is 5.85. The van der Waals surface area contributed by atoms with Crippen LogP contribution in [0.25, 0.3) is 11.0 Å². The maximum absolute atomic E-state index is 10.9. The molecule has 0 spiro atoms. The van der Waals surface area contributed by atoms with Crippen molar-refractivity contribution in [1.29, 1.82) is 0 Å². The molecule has 0 unspecified atom stereocenters. The predicted molar refractivity (Wildman–Crippen MR) is 70.9 cm³/mol. The van der Waals surface area contributed by atoms with E-state index >= 15 is 0 Å². The van der Waals surface area contributed by atoms with Gasteiger partial charge in [0, 0.05) is 11.6 Å². The minimum atomic E-state index is 0.508. The molecule has 1 saturated heterocycles. The number of fused-ring (bicyclic) bond motifs is 1. The summed E-state index contributed by atoms with van der Waals surface area (Å²) in [6.07, 6.45) is 5.10. The molecule has 2 aromatic rings. The lowest BCUT2D eigenvalue weighted by molar-refractivity contribution is 0.112. The topological polar surface area (TPSA) is 38.1 Å². The molecule has 1 aromatic heterocycles. The first-order valence-corrected chi connectivity index (χ1v) is 6.38. The van der Waals surface area contributed by atoms with E-state index in [0.717, 1.165) is 48.8 Å². The Morgan fingerprint density at radius 2 is 2.11 bits per heavy atom. The maximum atomic E-state index is 10.9. The number of imidazole rings is 1. The number of aldehydes is 1. The highest BCUT2D eigenvalue weighted by Crippen LogP contribution is 2.26. The van der Waals surface area contributed by atoms with Crippen LogP contribution >= 0.6 is 0 Å². The zero-order chi connectivity index (χ0) is 12.5. The van der Waals surface area contributed by atoms with Crippen LogP contribution in [-0.4, -0.2) is 40.9 Å². The van der Waals surface area contributed by atoms with Crippen molar-refractivity contribution in [3.63, 3.8) is 0 Å². The fraction of sp³-hybridized carbons (Fsp3) is 0.429. The molecule has 0 radical (unpaired) electrons. The van der Waals surface area contributed by atoms with Crippen LogP contribution in [0.4, 0.5) is 0 Å². The lowest BCUT2D eigenvalue weighted by Crippen LogP contribution is -2.31. The number of nitrogens with zero attached hydrogens (tertiary/aromatic N) is 3. The van der Waals surface area contributed by atoms with Gasteiger partial charge < -0.3 is 9.47 Å². The lowest BCUT2D eigenvalue weighted by Gasteiger charge is -2.30. The van der Waals surface area contributed by atoms with Crippen molar-refractivity contribution in [2.24, 2.45) is 0 Å². The van der Waals surface area contributed by atoms with Gasteiger partial charge >= 0.3 is 0 Å². The second-order valence-corrected chi connectivity index (χ2v) is 5.05. The fourth-order valence-corrected chi connectivity index (χ4v) is 2.68. The SMILES string of the molecule is CN1CCC(n2cnc3ccc(C=O)cc32)CC1. The predicted octanol–water partition coefficient (Wildman–Crippen LogP) is 2.12. The van der Waals surface area contributed by atoms with Crippen LogP contribution in [0.5, 0.6) is 0 Å². The van der Waals surface area contributed by atoms with E-state index < -0.39 is 0 Å². The number of benzene rings is 1. The van der Waals surface area contributed by atoms with Gasteiger partial charge in [-0.3, -0.25) is 4.79 Å². The van der Waals surface area contributed by atoms with Crippen LogP contribution in [-0.2, 0) is 0 Å². The van der Waals surface area contributed by atoms with Gasteiger partial charge in [0.15, 0.2) is 0 Å². The van der Waals surface area contributed by atoms with Crippen LogP contribution in [0.15, 0.2) is 24.5 Å². The number of hydrogen-bond donors (Lipinski definition) is 0. The Balaban J connectivity index is 1.98. The Morgan fingerprint density at radius 3 is 2.83 bits per heavy atom. The van der Waals surface area contributed by atoms with Crippen molar-refractivity contribution in [3.05, 3.63) is 30.1 Å². The first kappa shape index (κ1) is 11.4. The third kappa shape index (κ3) is 1.93. The molecule has 0 amide bonds. The Hall–Kier alpha value is -1.68. The van der Waals surface area contributed by atoms with E-state index in [1.807, 2.05) is 24.5 Å². The molecule has 0 saturated carbocycles. The van der Waals surface area contributed by atoms with Crippen molar-refractivity contribution in [1.82, 2.24) is 14.5 Å². The zero-order valence-corrected chi connectivity index (χ0v) is 10.5. The monoisotopic (exact) mass is 243 g/mol. The number of likely N-dealkylation sites (tertiary alicyclic amines) is 1. The minimum absolute atomic E-state index is 0.508. The molecule has 0 N–H and O–H groups in total. The summed E-state index contributed by atoms with van der Waals surface area (Å²) < 4.78 is 2.23. The zero-order valence-electron chi connectivity index (χ0n) is 10.5. The Morgan fingerprint density at radius 1 is 1.33 bits per heavy atom. The average Bonchev–Trinajstić information content (AvgIpc) is 2.82. The number of aromatic nitrogens is 2. The third-order valence-electron chi connectivity index (χ3n) is 3.82. The van der Waals surface area contributed by atoms with E-state index in [0.29, 0.717) is 6.04 Å². The summed E-state index contributed by atoms with van der Waals surface area (Å²) in [5.41, 5.74) is 2.77. The summed E-state index contributed by atoms with van der Waals surface area (Å²) >= 11 is 0. The summed E-state index contributed by atoms with van der Waals surface area (Å²) in [7, 11) is 2.16. The van der Waals surface area contributed by atoms with E-state index in [1.165, 1.54) is 0 Å². The molecule has 0 bridgehead atoms. The maximum Gasteiger partial charge on any atom is 0.150 e. The van der Waals surface area contributed by atoms with Crippen molar-refractivity contribution in [3.8, 4) is 0 Å². The number of piperidine rings is 1. The Labute approximate surface area is 106 Å². The molecule has 4 heteroatoms. The quantitative estimate of drug-likeness (QED) is 0.758. The molecular formula is C14H17N3O. The van der Waals surface area contributed by atoms with E-state index in [2.05, 4.69) is 21.5 Å². The summed E-state index contributed by atoms with van der Waals surface area (Å²) in [6.45, 7) is 2.25. The first-order valence-electron chi connectivity index (χ1n) is 6.38. The Kier molecular flexibility index (Phi) is 2.88.